The van der Waals surface area contributed by atoms with E-state index in [1.54, 1.807) is 6.92 Å². The zero-order valence-corrected chi connectivity index (χ0v) is 11.6. The molecule has 1 amide bonds. The normalized spacial score (nSPS) is 20.6. The maximum atomic E-state index is 12.2. The van der Waals surface area contributed by atoms with E-state index in [1.807, 2.05) is 4.90 Å². The van der Waals surface area contributed by atoms with E-state index >= 15 is 0 Å². The Kier molecular flexibility index (Phi) is 4.20. The minimum Gasteiger partial charge on any atom is -0.438 e. The van der Waals surface area contributed by atoms with Crippen molar-refractivity contribution in [3.05, 3.63) is 17.8 Å². The molecule has 94 valence electrons. The summed E-state index contributed by atoms with van der Waals surface area (Å²) in [6, 6.07) is 0. The molecule has 0 aromatic carbocycles. The van der Waals surface area contributed by atoms with Crippen LogP contribution >= 0.6 is 15.9 Å². The van der Waals surface area contributed by atoms with Crippen molar-refractivity contribution in [2.45, 2.75) is 26.2 Å². The number of hydrogen-bond acceptors (Lipinski definition) is 3. The Morgan fingerprint density at radius 3 is 3.18 bits per heavy atom. The largest absolute Gasteiger partial charge is 0.438 e. The summed E-state index contributed by atoms with van der Waals surface area (Å²) in [5.41, 5.74) is 0.678. The minimum absolute atomic E-state index is 0.0146. The summed E-state index contributed by atoms with van der Waals surface area (Å²) < 4.78 is 5.16. The third kappa shape index (κ3) is 2.89. The second-order valence-electron chi connectivity index (χ2n) is 4.50. The van der Waals surface area contributed by atoms with Crippen LogP contribution in [0.4, 0.5) is 0 Å². The first-order valence-corrected chi connectivity index (χ1v) is 7.10. The lowest BCUT2D eigenvalue weighted by Gasteiger charge is -2.32. The van der Waals surface area contributed by atoms with Gasteiger partial charge in [0.1, 0.15) is 0 Å². The number of likely N-dealkylation sites (tertiary alicyclic amines) is 1. The number of aromatic nitrogens is 1. The van der Waals surface area contributed by atoms with Gasteiger partial charge >= 0.3 is 0 Å². The molecule has 1 atom stereocenters. The van der Waals surface area contributed by atoms with Crippen molar-refractivity contribution in [1.29, 1.82) is 0 Å². The molecule has 2 heterocycles. The van der Waals surface area contributed by atoms with Gasteiger partial charge < -0.3 is 9.32 Å². The quantitative estimate of drug-likeness (QED) is 0.806. The Labute approximate surface area is 110 Å². The fourth-order valence-corrected chi connectivity index (χ4v) is 2.94. The standard InChI is InChI=1S/C12H17BrN2O2/c1-9-11(17-8-14-9)12(16)15-6-2-3-10(7-15)4-5-13/h8,10H,2-7H2,1H3. The average molecular weight is 301 g/mol. The van der Waals surface area contributed by atoms with Crippen molar-refractivity contribution in [2.75, 3.05) is 18.4 Å². The second kappa shape index (κ2) is 5.67. The van der Waals surface area contributed by atoms with Crippen LogP contribution in [-0.2, 0) is 0 Å². The van der Waals surface area contributed by atoms with Crippen LogP contribution in [0, 0.1) is 12.8 Å². The first kappa shape index (κ1) is 12.6. The summed E-state index contributed by atoms with van der Waals surface area (Å²) in [7, 11) is 0. The highest BCUT2D eigenvalue weighted by Crippen LogP contribution is 2.22. The predicted octanol–water partition coefficient (Wildman–Crippen LogP) is 2.62. The summed E-state index contributed by atoms with van der Waals surface area (Å²) in [4.78, 5) is 18.1. The molecule has 0 spiro atoms. The molecule has 4 nitrogen and oxygen atoms in total. The maximum Gasteiger partial charge on any atom is 0.291 e. The second-order valence-corrected chi connectivity index (χ2v) is 5.30. The Morgan fingerprint density at radius 2 is 2.53 bits per heavy atom. The summed E-state index contributed by atoms with van der Waals surface area (Å²) in [5.74, 6) is 0.985. The van der Waals surface area contributed by atoms with Gasteiger partial charge in [0.15, 0.2) is 6.39 Å². The molecule has 2 rings (SSSR count). The van der Waals surface area contributed by atoms with E-state index in [9.17, 15) is 4.79 Å². The fourth-order valence-electron chi connectivity index (χ4n) is 2.29. The van der Waals surface area contributed by atoms with Gasteiger partial charge in [0.2, 0.25) is 5.76 Å². The Bertz CT molecular complexity index is 390. The lowest BCUT2D eigenvalue weighted by atomic mass is 9.95. The van der Waals surface area contributed by atoms with Gasteiger partial charge in [0.25, 0.3) is 5.91 Å². The fraction of sp³-hybridized carbons (Fsp3) is 0.667. The lowest BCUT2D eigenvalue weighted by Crippen LogP contribution is -2.40. The van der Waals surface area contributed by atoms with Crippen LogP contribution in [-0.4, -0.2) is 34.2 Å². The number of carbonyl (C=O) groups is 1. The molecule has 1 aliphatic heterocycles. The highest BCUT2D eigenvalue weighted by atomic mass is 79.9. The van der Waals surface area contributed by atoms with E-state index < -0.39 is 0 Å². The smallest absolute Gasteiger partial charge is 0.291 e. The van der Waals surface area contributed by atoms with Crippen LogP contribution in [0.25, 0.3) is 0 Å². The summed E-state index contributed by atoms with van der Waals surface area (Å²) >= 11 is 3.46. The maximum absolute atomic E-state index is 12.2. The van der Waals surface area contributed by atoms with Gasteiger partial charge in [0.05, 0.1) is 5.69 Å². The molecule has 5 heteroatoms. The van der Waals surface area contributed by atoms with E-state index in [4.69, 9.17) is 4.42 Å². The van der Waals surface area contributed by atoms with E-state index in [2.05, 4.69) is 20.9 Å². The number of nitrogens with zero attached hydrogens (tertiary/aromatic N) is 2. The SMILES string of the molecule is Cc1ncoc1C(=O)N1CCCC(CCBr)C1. The van der Waals surface area contributed by atoms with Crippen LogP contribution in [0.5, 0.6) is 0 Å². The third-order valence-electron chi connectivity index (χ3n) is 3.26. The van der Waals surface area contributed by atoms with E-state index in [0.717, 1.165) is 31.3 Å². The van der Waals surface area contributed by atoms with Crippen LogP contribution in [0.1, 0.15) is 35.5 Å². The van der Waals surface area contributed by atoms with Gasteiger partial charge in [-0.15, -0.1) is 0 Å². The number of piperidine rings is 1. The Hall–Kier alpha value is -0.840. The number of aryl methyl sites for hydroxylation is 1. The molecule has 0 N–H and O–H groups in total. The number of amides is 1. The average Bonchev–Trinajstić information content (AvgIpc) is 2.75. The molecule has 1 unspecified atom stereocenters. The Balaban J connectivity index is 2.02. The summed E-state index contributed by atoms with van der Waals surface area (Å²) in [5, 5.41) is 1.00. The molecular formula is C12H17BrN2O2. The first-order chi connectivity index (χ1) is 8.22. The van der Waals surface area contributed by atoms with Crippen molar-refractivity contribution in [3.8, 4) is 0 Å². The molecule has 0 bridgehead atoms. The van der Waals surface area contributed by atoms with Crippen LogP contribution in [0.3, 0.4) is 0 Å². The third-order valence-corrected chi connectivity index (χ3v) is 3.72. The zero-order valence-electron chi connectivity index (χ0n) is 9.99. The molecule has 0 aliphatic carbocycles. The molecule has 0 radical (unpaired) electrons. The zero-order chi connectivity index (χ0) is 12.3. The van der Waals surface area contributed by atoms with Gasteiger partial charge in [-0.2, -0.15) is 0 Å². The van der Waals surface area contributed by atoms with Crippen molar-refractivity contribution >= 4 is 21.8 Å². The van der Waals surface area contributed by atoms with Gasteiger partial charge in [-0.25, -0.2) is 4.98 Å². The van der Waals surface area contributed by atoms with Crippen LogP contribution in [0.2, 0.25) is 0 Å². The van der Waals surface area contributed by atoms with Gasteiger partial charge in [-0.1, -0.05) is 15.9 Å². The molecule has 1 aliphatic rings. The van der Waals surface area contributed by atoms with Crippen LogP contribution < -0.4 is 0 Å². The molecule has 1 saturated heterocycles. The number of halogens is 1. The minimum atomic E-state index is -0.0146. The van der Waals surface area contributed by atoms with Gasteiger partial charge in [-0.3, -0.25) is 4.79 Å². The molecule has 1 aromatic rings. The molecule has 17 heavy (non-hydrogen) atoms. The van der Waals surface area contributed by atoms with Gasteiger partial charge in [-0.05, 0) is 32.1 Å². The first-order valence-electron chi connectivity index (χ1n) is 5.97. The van der Waals surface area contributed by atoms with Crippen LogP contribution in [0.15, 0.2) is 10.8 Å². The van der Waals surface area contributed by atoms with E-state index in [0.29, 0.717) is 17.4 Å². The predicted molar refractivity (Wildman–Crippen MR) is 68.3 cm³/mol. The number of rotatable bonds is 3. The molecule has 1 fully saturated rings. The lowest BCUT2D eigenvalue weighted by molar-refractivity contribution is 0.0639. The number of oxazole rings is 1. The van der Waals surface area contributed by atoms with Crippen molar-refractivity contribution in [2.24, 2.45) is 5.92 Å². The highest BCUT2D eigenvalue weighted by Gasteiger charge is 2.26. The van der Waals surface area contributed by atoms with Gasteiger partial charge in [0, 0.05) is 18.4 Å². The van der Waals surface area contributed by atoms with E-state index in [-0.39, 0.29) is 5.91 Å². The monoisotopic (exact) mass is 300 g/mol. The number of alkyl halides is 1. The molecule has 0 saturated carbocycles. The van der Waals surface area contributed by atoms with Crippen molar-refractivity contribution in [3.63, 3.8) is 0 Å². The van der Waals surface area contributed by atoms with Crippen molar-refractivity contribution < 1.29 is 9.21 Å². The summed E-state index contributed by atoms with van der Waals surface area (Å²) in [6.45, 7) is 3.47. The molecular weight excluding hydrogens is 284 g/mol. The van der Waals surface area contributed by atoms with Crippen molar-refractivity contribution in [1.82, 2.24) is 9.88 Å². The van der Waals surface area contributed by atoms with E-state index in [1.165, 1.54) is 12.8 Å². The summed E-state index contributed by atoms with van der Waals surface area (Å²) in [6.07, 6.45) is 4.75. The number of hydrogen-bond donors (Lipinski definition) is 0. The highest BCUT2D eigenvalue weighted by molar-refractivity contribution is 9.09. The topological polar surface area (TPSA) is 46.3 Å². The molecule has 1 aromatic heterocycles. The Morgan fingerprint density at radius 1 is 1.71 bits per heavy atom. The number of carbonyl (C=O) groups excluding carboxylic acids is 1.